The first-order chi connectivity index (χ1) is 7.31. The molecular formula is C11H17NO3. The van der Waals surface area contributed by atoms with E-state index < -0.39 is 0 Å². The maximum atomic E-state index is 11.9. The third-order valence-electron chi connectivity index (χ3n) is 3.17. The standard InChI is InChI=1S/C11H17NO3/c13-8-9-3-1-5-12(7-9)11(14)10-4-2-6-15-10/h8-10H,1-7H2. The first-order valence-electron chi connectivity index (χ1n) is 5.67. The van der Waals surface area contributed by atoms with Gasteiger partial charge >= 0.3 is 0 Å². The van der Waals surface area contributed by atoms with Crippen molar-refractivity contribution in [3.8, 4) is 0 Å². The molecule has 2 aliphatic heterocycles. The summed E-state index contributed by atoms with van der Waals surface area (Å²) in [5.41, 5.74) is 0. The molecule has 2 atom stereocenters. The highest BCUT2D eigenvalue weighted by Gasteiger charge is 2.31. The number of carbonyl (C=O) groups is 2. The smallest absolute Gasteiger partial charge is 0.251 e. The van der Waals surface area contributed by atoms with Crippen LogP contribution in [0.5, 0.6) is 0 Å². The fourth-order valence-electron chi connectivity index (χ4n) is 2.30. The molecule has 0 spiro atoms. The summed E-state index contributed by atoms with van der Waals surface area (Å²) < 4.78 is 5.36. The summed E-state index contributed by atoms with van der Waals surface area (Å²) in [6, 6.07) is 0. The number of nitrogens with zero attached hydrogens (tertiary/aromatic N) is 1. The Hall–Kier alpha value is -0.900. The van der Waals surface area contributed by atoms with Gasteiger partial charge in [-0.2, -0.15) is 0 Å². The topological polar surface area (TPSA) is 46.6 Å². The highest BCUT2D eigenvalue weighted by molar-refractivity contribution is 5.81. The maximum absolute atomic E-state index is 11.9. The van der Waals surface area contributed by atoms with Crippen molar-refractivity contribution in [1.82, 2.24) is 4.90 Å². The number of rotatable bonds is 2. The molecule has 2 fully saturated rings. The lowest BCUT2D eigenvalue weighted by Gasteiger charge is -2.31. The van der Waals surface area contributed by atoms with Crippen LogP contribution in [0.25, 0.3) is 0 Å². The van der Waals surface area contributed by atoms with Gasteiger partial charge in [0.25, 0.3) is 5.91 Å². The molecule has 0 aliphatic carbocycles. The Kier molecular flexibility index (Phi) is 3.36. The predicted molar refractivity (Wildman–Crippen MR) is 54.3 cm³/mol. The molecule has 1 amide bonds. The van der Waals surface area contributed by atoms with Crippen molar-refractivity contribution in [2.45, 2.75) is 31.8 Å². The van der Waals surface area contributed by atoms with E-state index in [1.165, 1.54) is 0 Å². The molecule has 2 unspecified atom stereocenters. The second kappa shape index (κ2) is 4.75. The normalized spacial score (nSPS) is 31.6. The minimum Gasteiger partial charge on any atom is -0.368 e. The van der Waals surface area contributed by atoms with Gasteiger partial charge in [0.1, 0.15) is 12.4 Å². The van der Waals surface area contributed by atoms with Crippen molar-refractivity contribution in [2.75, 3.05) is 19.7 Å². The third-order valence-corrected chi connectivity index (χ3v) is 3.17. The number of hydrogen-bond donors (Lipinski definition) is 0. The SMILES string of the molecule is O=CC1CCCN(C(=O)C2CCCO2)C1. The first kappa shape index (κ1) is 10.6. The van der Waals surface area contributed by atoms with E-state index in [9.17, 15) is 9.59 Å². The van der Waals surface area contributed by atoms with Gasteiger partial charge in [0.05, 0.1) is 0 Å². The van der Waals surface area contributed by atoms with Gasteiger partial charge in [0, 0.05) is 25.6 Å². The van der Waals surface area contributed by atoms with Gasteiger partial charge in [0.2, 0.25) is 0 Å². The molecule has 4 heteroatoms. The summed E-state index contributed by atoms with van der Waals surface area (Å²) >= 11 is 0. The highest BCUT2D eigenvalue weighted by atomic mass is 16.5. The zero-order chi connectivity index (χ0) is 10.7. The van der Waals surface area contributed by atoms with Crippen LogP contribution in [0.4, 0.5) is 0 Å². The van der Waals surface area contributed by atoms with Crippen molar-refractivity contribution in [2.24, 2.45) is 5.92 Å². The van der Waals surface area contributed by atoms with Crippen LogP contribution >= 0.6 is 0 Å². The quantitative estimate of drug-likeness (QED) is 0.628. The number of piperidine rings is 1. The lowest BCUT2D eigenvalue weighted by molar-refractivity contribution is -0.143. The molecule has 0 aromatic rings. The van der Waals surface area contributed by atoms with Crippen LogP contribution in [0.15, 0.2) is 0 Å². The Morgan fingerprint density at radius 3 is 2.87 bits per heavy atom. The average Bonchev–Trinajstić information content (AvgIpc) is 2.81. The molecule has 0 saturated carbocycles. The summed E-state index contributed by atoms with van der Waals surface area (Å²) in [6.07, 6.45) is 4.38. The summed E-state index contributed by atoms with van der Waals surface area (Å²) in [5, 5.41) is 0. The number of ether oxygens (including phenoxy) is 1. The Balaban J connectivity index is 1.91. The van der Waals surface area contributed by atoms with Crippen LogP contribution in [0.3, 0.4) is 0 Å². The lowest BCUT2D eigenvalue weighted by atomic mass is 9.99. The van der Waals surface area contributed by atoms with Crippen molar-refractivity contribution in [1.29, 1.82) is 0 Å². The molecule has 0 aromatic heterocycles. The van der Waals surface area contributed by atoms with Crippen molar-refractivity contribution in [3.63, 3.8) is 0 Å². The van der Waals surface area contributed by atoms with E-state index in [4.69, 9.17) is 4.74 Å². The maximum Gasteiger partial charge on any atom is 0.251 e. The van der Waals surface area contributed by atoms with Crippen molar-refractivity contribution >= 4 is 12.2 Å². The zero-order valence-corrected chi connectivity index (χ0v) is 8.85. The summed E-state index contributed by atoms with van der Waals surface area (Å²) in [5.74, 6) is 0.114. The number of aldehydes is 1. The van der Waals surface area contributed by atoms with Crippen molar-refractivity contribution < 1.29 is 14.3 Å². The molecule has 0 bridgehead atoms. The van der Waals surface area contributed by atoms with E-state index >= 15 is 0 Å². The Morgan fingerprint density at radius 1 is 1.33 bits per heavy atom. The van der Waals surface area contributed by atoms with Crippen LogP contribution < -0.4 is 0 Å². The number of amides is 1. The molecule has 84 valence electrons. The monoisotopic (exact) mass is 211 g/mol. The molecule has 0 radical (unpaired) electrons. The molecule has 2 saturated heterocycles. The molecule has 15 heavy (non-hydrogen) atoms. The molecule has 2 heterocycles. The second-order valence-corrected chi connectivity index (χ2v) is 4.32. The first-order valence-corrected chi connectivity index (χ1v) is 5.67. The fraction of sp³-hybridized carbons (Fsp3) is 0.818. The predicted octanol–water partition coefficient (Wildman–Crippen LogP) is 0.603. The van der Waals surface area contributed by atoms with E-state index in [2.05, 4.69) is 0 Å². The number of carbonyl (C=O) groups excluding carboxylic acids is 2. The van der Waals surface area contributed by atoms with Gasteiger partial charge in [-0.1, -0.05) is 0 Å². The van der Waals surface area contributed by atoms with Gasteiger partial charge < -0.3 is 14.4 Å². The largest absolute Gasteiger partial charge is 0.368 e. The second-order valence-electron chi connectivity index (χ2n) is 4.32. The minimum atomic E-state index is -0.240. The minimum absolute atomic E-state index is 0.0316. The molecule has 4 nitrogen and oxygen atoms in total. The molecule has 0 N–H and O–H groups in total. The number of likely N-dealkylation sites (tertiary alicyclic amines) is 1. The van der Waals surface area contributed by atoms with E-state index in [0.29, 0.717) is 13.2 Å². The van der Waals surface area contributed by atoms with Gasteiger partial charge in [-0.05, 0) is 25.7 Å². The van der Waals surface area contributed by atoms with Gasteiger partial charge in [-0.15, -0.1) is 0 Å². The van der Waals surface area contributed by atoms with E-state index in [1.807, 2.05) is 0 Å². The van der Waals surface area contributed by atoms with Crippen LogP contribution in [0.2, 0.25) is 0 Å². The lowest BCUT2D eigenvalue weighted by Crippen LogP contribution is -2.45. The molecule has 0 aromatic carbocycles. The Bertz CT molecular complexity index is 248. The van der Waals surface area contributed by atoms with Crippen molar-refractivity contribution in [3.05, 3.63) is 0 Å². The van der Waals surface area contributed by atoms with Crippen LogP contribution in [-0.4, -0.2) is 42.9 Å². The van der Waals surface area contributed by atoms with Crippen LogP contribution in [-0.2, 0) is 14.3 Å². The Morgan fingerprint density at radius 2 is 2.20 bits per heavy atom. The summed E-state index contributed by atoms with van der Waals surface area (Å²) in [4.78, 5) is 24.4. The van der Waals surface area contributed by atoms with Gasteiger partial charge in [-0.3, -0.25) is 4.79 Å². The molecule has 2 rings (SSSR count). The summed E-state index contributed by atoms with van der Waals surface area (Å²) in [6.45, 7) is 2.06. The van der Waals surface area contributed by atoms with Crippen LogP contribution in [0, 0.1) is 5.92 Å². The van der Waals surface area contributed by atoms with Gasteiger partial charge in [-0.25, -0.2) is 0 Å². The van der Waals surface area contributed by atoms with Gasteiger partial charge in [0.15, 0.2) is 0 Å². The molecule has 2 aliphatic rings. The average molecular weight is 211 g/mol. The van der Waals surface area contributed by atoms with E-state index in [1.54, 1.807) is 4.90 Å². The van der Waals surface area contributed by atoms with E-state index in [-0.39, 0.29) is 17.9 Å². The number of hydrogen-bond acceptors (Lipinski definition) is 3. The fourth-order valence-corrected chi connectivity index (χ4v) is 2.30. The summed E-state index contributed by atoms with van der Waals surface area (Å²) in [7, 11) is 0. The zero-order valence-electron chi connectivity index (χ0n) is 8.85. The Labute approximate surface area is 89.6 Å². The molecular weight excluding hydrogens is 194 g/mol. The van der Waals surface area contributed by atoms with E-state index in [0.717, 1.165) is 38.5 Å². The van der Waals surface area contributed by atoms with Crippen LogP contribution in [0.1, 0.15) is 25.7 Å². The highest BCUT2D eigenvalue weighted by Crippen LogP contribution is 2.19. The third kappa shape index (κ3) is 2.37.